The van der Waals surface area contributed by atoms with Gasteiger partial charge in [0.15, 0.2) is 5.69 Å². The molecule has 1 N–H and O–H groups in total. The number of aromatic carboxylic acids is 1. The zero-order valence-electron chi connectivity index (χ0n) is 15.1. The van der Waals surface area contributed by atoms with Gasteiger partial charge in [-0.05, 0) is 13.8 Å². The number of carbonyl (C=O) groups is 1. The maximum Gasteiger partial charge on any atom is 0.354 e. The van der Waals surface area contributed by atoms with Gasteiger partial charge in [-0.3, -0.25) is 4.90 Å². The lowest BCUT2D eigenvalue weighted by atomic mass is 10.1. The number of nitrogens with zero attached hydrogens (tertiary/aromatic N) is 2. The SMILES string of the molecule is CC1CN(CCOc2cc(C(=O)O)nc(-c3ccccc3)c2)CC(C)O1. The van der Waals surface area contributed by atoms with Crippen molar-refractivity contribution in [2.24, 2.45) is 0 Å². The number of carboxylic acid groups (broad SMARTS) is 1. The molecule has 2 unspecified atom stereocenters. The number of carboxylic acids is 1. The third-order valence-corrected chi connectivity index (χ3v) is 4.26. The van der Waals surface area contributed by atoms with Crippen molar-refractivity contribution in [3.8, 4) is 17.0 Å². The average molecular weight is 356 g/mol. The number of rotatable bonds is 6. The maximum absolute atomic E-state index is 11.4. The van der Waals surface area contributed by atoms with Gasteiger partial charge in [-0.2, -0.15) is 0 Å². The molecular weight excluding hydrogens is 332 g/mol. The highest BCUT2D eigenvalue weighted by Crippen LogP contribution is 2.23. The van der Waals surface area contributed by atoms with E-state index in [0.29, 0.717) is 18.1 Å². The van der Waals surface area contributed by atoms with Crippen molar-refractivity contribution in [3.05, 3.63) is 48.2 Å². The minimum absolute atomic E-state index is 0.0185. The lowest BCUT2D eigenvalue weighted by molar-refractivity contribution is -0.0699. The van der Waals surface area contributed by atoms with Crippen LogP contribution in [0, 0.1) is 0 Å². The summed E-state index contributed by atoms with van der Waals surface area (Å²) in [6, 6.07) is 12.7. The van der Waals surface area contributed by atoms with E-state index in [4.69, 9.17) is 9.47 Å². The molecule has 1 saturated heterocycles. The van der Waals surface area contributed by atoms with E-state index in [-0.39, 0.29) is 17.9 Å². The lowest BCUT2D eigenvalue weighted by Gasteiger charge is -2.35. The molecule has 138 valence electrons. The Kier molecular flexibility index (Phi) is 5.85. The van der Waals surface area contributed by atoms with E-state index in [1.165, 1.54) is 6.07 Å². The van der Waals surface area contributed by atoms with Crippen molar-refractivity contribution in [2.45, 2.75) is 26.1 Å². The van der Waals surface area contributed by atoms with Crippen LogP contribution in [0.2, 0.25) is 0 Å². The molecule has 6 heteroatoms. The highest BCUT2D eigenvalue weighted by Gasteiger charge is 2.21. The van der Waals surface area contributed by atoms with E-state index in [1.54, 1.807) is 6.07 Å². The van der Waals surface area contributed by atoms with Gasteiger partial charge in [-0.25, -0.2) is 9.78 Å². The minimum Gasteiger partial charge on any atom is -0.492 e. The van der Waals surface area contributed by atoms with Crippen molar-refractivity contribution >= 4 is 5.97 Å². The average Bonchev–Trinajstić information content (AvgIpc) is 2.61. The molecule has 2 heterocycles. The third-order valence-electron chi connectivity index (χ3n) is 4.26. The van der Waals surface area contributed by atoms with Gasteiger partial charge >= 0.3 is 5.97 Å². The Morgan fingerprint density at radius 3 is 2.58 bits per heavy atom. The van der Waals surface area contributed by atoms with Crippen molar-refractivity contribution < 1.29 is 19.4 Å². The Bertz CT molecular complexity index is 741. The minimum atomic E-state index is -1.07. The third kappa shape index (κ3) is 4.80. The van der Waals surface area contributed by atoms with Crippen LogP contribution in [-0.2, 0) is 4.74 Å². The molecule has 1 aromatic carbocycles. The highest BCUT2D eigenvalue weighted by atomic mass is 16.5. The van der Waals surface area contributed by atoms with Gasteiger partial charge in [-0.1, -0.05) is 30.3 Å². The second-order valence-corrected chi connectivity index (χ2v) is 6.61. The number of aromatic nitrogens is 1. The molecule has 0 spiro atoms. The Balaban J connectivity index is 1.69. The van der Waals surface area contributed by atoms with Crippen molar-refractivity contribution in [3.63, 3.8) is 0 Å². The summed E-state index contributed by atoms with van der Waals surface area (Å²) >= 11 is 0. The van der Waals surface area contributed by atoms with Gasteiger partial charge in [0.05, 0.1) is 17.9 Å². The quantitative estimate of drug-likeness (QED) is 0.858. The summed E-state index contributed by atoms with van der Waals surface area (Å²) in [5.74, 6) is -0.547. The molecule has 6 nitrogen and oxygen atoms in total. The van der Waals surface area contributed by atoms with Crippen LogP contribution in [0.1, 0.15) is 24.3 Å². The van der Waals surface area contributed by atoms with Gasteiger partial charge in [-0.15, -0.1) is 0 Å². The summed E-state index contributed by atoms with van der Waals surface area (Å²) in [7, 11) is 0. The highest BCUT2D eigenvalue weighted by molar-refractivity contribution is 5.86. The first-order chi connectivity index (χ1) is 12.5. The predicted molar refractivity (Wildman–Crippen MR) is 98.6 cm³/mol. The molecule has 1 aliphatic rings. The van der Waals surface area contributed by atoms with Gasteiger partial charge < -0.3 is 14.6 Å². The zero-order chi connectivity index (χ0) is 18.5. The molecule has 26 heavy (non-hydrogen) atoms. The molecule has 1 aliphatic heterocycles. The monoisotopic (exact) mass is 356 g/mol. The van der Waals surface area contributed by atoms with Gasteiger partial charge in [0.1, 0.15) is 12.4 Å². The number of pyridine rings is 1. The van der Waals surface area contributed by atoms with Gasteiger partial charge in [0.2, 0.25) is 0 Å². The molecule has 2 atom stereocenters. The van der Waals surface area contributed by atoms with Crippen LogP contribution >= 0.6 is 0 Å². The first kappa shape index (κ1) is 18.4. The van der Waals surface area contributed by atoms with E-state index in [1.807, 2.05) is 30.3 Å². The number of hydrogen-bond donors (Lipinski definition) is 1. The standard InChI is InChI=1S/C20H24N2O4/c1-14-12-22(13-15(2)26-14)8-9-25-17-10-18(16-6-4-3-5-7-16)21-19(11-17)20(23)24/h3-7,10-11,14-15H,8-9,12-13H2,1-2H3,(H,23,24). The lowest BCUT2D eigenvalue weighted by Crippen LogP contribution is -2.46. The summed E-state index contributed by atoms with van der Waals surface area (Å²) in [6.07, 6.45) is 0.422. The van der Waals surface area contributed by atoms with E-state index in [2.05, 4.69) is 23.7 Å². The van der Waals surface area contributed by atoms with E-state index >= 15 is 0 Å². The molecule has 1 fully saturated rings. The van der Waals surface area contributed by atoms with Gasteiger partial charge in [0.25, 0.3) is 0 Å². The van der Waals surface area contributed by atoms with Crippen LogP contribution in [0.25, 0.3) is 11.3 Å². The Morgan fingerprint density at radius 1 is 1.23 bits per heavy atom. The predicted octanol–water partition coefficient (Wildman–Crippen LogP) is 2.93. The van der Waals surface area contributed by atoms with Crippen LogP contribution in [-0.4, -0.2) is 59.4 Å². The fraction of sp³-hybridized carbons (Fsp3) is 0.400. The molecule has 0 amide bonds. The van der Waals surface area contributed by atoms with Crippen molar-refractivity contribution in [1.29, 1.82) is 0 Å². The molecule has 3 rings (SSSR count). The van der Waals surface area contributed by atoms with E-state index < -0.39 is 5.97 Å². The molecule has 1 aromatic heterocycles. The normalized spacial score (nSPS) is 20.7. The fourth-order valence-electron chi connectivity index (χ4n) is 3.21. The van der Waals surface area contributed by atoms with Gasteiger partial charge in [0, 0.05) is 37.3 Å². The number of benzene rings is 1. The largest absolute Gasteiger partial charge is 0.492 e. The Hall–Kier alpha value is -2.44. The molecule has 2 aromatic rings. The fourth-order valence-corrected chi connectivity index (χ4v) is 3.21. The smallest absolute Gasteiger partial charge is 0.354 e. The van der Waals surface area contributed by atoms with Crippen molar-refractivity contribution in [2.75, 3.05) is 26.2 Å². The van der Waals surface area contributed by atoms with Crippen LogP contribution < -0.4 is 4.74 Å². The molecule has 0 radical (unpaired) electrons. The summed E-state index contributed by atoms with van der Waals surface area (Å²) in [5, 5.41) is 9.33. The number of hydrogen-bond acceptors (Lipinski definition) is 5. The maximum atomic E-state index is 11.4. The van der Waals surface area contributed by atoms with Crippen LogP contribution in [0.15, 0.2) is 42.5 Å². The Labute approximate surface area is 153 Å². The first-order valence-electron chi connectivity index (χ1n) is 8.82. The van der Waals surface area contributed by atoms with Crippen LogP contribution in [0.3, 0.4) is 0 Å². The number of ether oxygens (including phenoxy) is 2. The molecule has 0 saturated carbocycles. The summed E-state index contributed by atoms with van der Waals surface area (Å²) in [6.45, 7) is 7.13. The molecular formula is C20H24N2O4. The van der Waals surface area contributed by atoms with E-state index in [9.17, 15) is 9.90 Å². The number of morpholine rings is 1. The zero-order valence-corrected chi connectivity index (χ0v) is 15.1. The molecule has 0 bridgehead atoms. The topological polar surface area (TPSA) is 71.9 Å². The second kappa shape index (κ2) is 8.29. The van der Waals surface area contributed by atoms with E-state index in [0.717, 1.165) is 25.2 Å². The molecule has 0 aliphatic carbocycles. The second-order valence-electron chi connectivity index (χ2n) is 6.61. The summed E-state index contributed by atoms with van der Waals surface area (Å²) in [4.78, 5) is 17.9. The van der Waals surface area contributed by atoms with Crippen molar-refractivity contribution in [1.82, 2.24) is 9.88 Å². The van der Waals surface area contributed by atoms with Crippen LogP contribution in [0.5, 0.6) is 5.75 Å². The summed E-state index contributed by atoms with van der Waals surface area (Å²) in [5.41, 5.74) is 1.43. The summed E-state index contributed by atoms with van der Waals surface area (Å²) < 4.78 is 11.6. The first-order valence-corrected chi connectivity index (χ1v) is 8.82. The van der Waals surface area contributed by atoms with Crippen LogP contribution in [0.4, 0.5) is 0 Å². The Morgan fingerprint density at radius 2 is 1.92 bits per heavy atom.